The molecule has 21 heavy (non-hydrogen) atoms. The number of nitrogens with zero attached hydrogens (tertiary/aromatic N) is 1. The molecule has 2 nitrogen and oxygen atoms in total. The molecule has 0 radical (unpaired) electrons. The lowest BCUT2D eigenvalue weighted by Crippen LogP contribution is -2.46. The number of benzene rings is 1. The van der Waals surface area contributed by atoms with Crippen molar-refractivity contribution in [3.05, 3.63) is 35.4 Å². The average molecular weight is 288 g/mol. The second kappa shape index (κ2) is 6.50. The Labute approximate surface area is 130 Å². The van der Waals surface area contributed by atoms with Crippen LogP contribution in [0.15, 0.2) is 24.3 Å². The number of likely N-dealkylation sites (tertiary alicyclic amines) is 1. The molecule has 1 aromatic carbocycles. The summed E-state index contributed by atoms with van der Waals surface area (Å²) in [7, 11) is 2.23. The molecule has 118 valence electrons. The van der Waals surface area contributed by atoms with Crippen LogP contribution in [0.4, 0.5) is 0 Å². The highest BCUT2D eigenvalue weighted by Crippen LogP contribution is 2.25. The van der Waals surface area contributed by atoms with Crippen molar-refractivity contribution in [2.75, 3.05) is 13.6 Å². The quantitative estimate of drug-likeness (QED) is 0.900. The minimum Gasteiger partial charge on any atom is -0.307 e. The van der Waals surface area contributed by atoms with Gasteiger partial charge in [-0.05, 0) is 56.8 Å². The number of hydrogen-bond acceptors (Lipinski definition) is 2. The highest BCUT2D eigenvalue weighted by atomic mass is 15.1. The number of hydrogen-bond donors (Lipinski definition) is 1. The van der Waals surface area contributed by atoms with Gasteiger partial charge in [-0.2, -0.15) is 0 Å². The third-order valence-electron chi connectivity index (χ3n) is 4.97. The molecule has 1 heterocycles. The fraction of sp³-hybridized carbons (Fsp3) is 0.684. The third kappa shape index (κ3) is 4.31. The van der Waals surface area contributed by atoms with Gasteiger partial charge in [-0.1, -0.05) is 45.0 Å². The standard InChI is InChI=1S/C19H32N2/c1-14-13-18(11-12-21(14)6)20-15(2)16-7-9-17(10-8-16)19(3,4)5/h7-10,14-15,18,20H,11-13H2,1-6H3. The van der Waals surface area contributed by atoms with Crippen LogP contribution in [0.1, 0.15) is 64.6 Å². The Morgan fingerprint density at radius 1 is 1.19 bits per heavy atom. The van der Waals surface area contributed by atoms with E-state index in [2.05, 4.69) is 76.1 Å². The van der Waals surface area contributed by atoms with Crippen molar-refractivity contribution in [1.29, 1.82) is 0 Å². The fourth-order valence-corrected chi connectivity index (χ4v) is 3.16. The predicted molar refractivity (Wildman–Crippen MR) is 91.8 cm³/mol. The molecule has 2 heteroatoms. The maximum Gasteiger partial charge on any atom is 0.0294 e. The molecule has 0 amide bonds. The van der Waals surface area contributed by atoms with Gasteiger partial charge in [0.05, 0.1) is 0 Å². The zero-order valence-corrected chi connectivity index (χ0v) is 14.6. The van der Waals surface area contributed by atoms with Gasteiger partial charge in [-0.3, -0.25) is 0 Å². The molecule has 0 spiro atoms. The first kappa shape index (κ1) is 16.5. The maximum atomic E-state index is 3.82. The molecule has 0 aromatic heterocycles. The normalized spacial score (nSPS) is 25.8. The zero-order valence-electron chi connectivity index (χ0n) is 14.6. The Balaban J connectivity index is 1.96. The smallest absolute Gasteiger partial charge is 0.0294 e. The van der Waals surface area contributed by atoms with Crippen LogP contribution in [-0.4, -0.2) is 30.6 Å². The van der Waals surface area contributed by atoms with Crippen LogP contribution in [0.3, 0.4) is 0 Å². The van der Waals surface area contributed by atoms with Crippen LogP contribution in [-0.2, 0) is 5.41 Å². The Kier molecular flexibility index (Phi) is 5.11. The number of rotatable bonds is 3. The van der Waals surface area contributed by atoms with Crippen molar-refractivity contribution in [3.63, 3.8) is 0 Å². The van der Waals surface area contributed by atoms with Gasteiger partial charge in [0.2, 0.25) is 0 Å². The molecule has 2 rings (SSSR count). The largest absolute Gasteiger partial charge is 0.307 e. The summed E-state index contributed by atoms with van der Waals surface area (Å²) in [4.78, 5) is 2.46. The zero-order chi connectivity index (χ0) is 15.6. The summed E-state index contributed by atoms with van der Waals surface area (Å²) in [6, 6.07) is 10.9. The minimum absolute atomic E-state index is 0.235. The summed E-state index contributed by atoms with van der Waals surface area (Å²) in [6.07, 6.45) is 2.51. The second-order valence-corrected chi connectivity index (χ2v) is 7.81. The third-order valence-corrected chi connectivity index (χ3v) is 4.97. The Morgan fingerprint density at radius 2 is 1.81 bits per heavy atom. The van der Waals surface area contributed by atoms with Crippen LogP contribution < -0.4 is 5.32 Å². The van der Waals surface area contributed by atoms with E-state index in [0.717, 1.165) is 0 Å². The van der Waals surface area contributed by atoms with E-state index >= 15 is 0 Å². The first-order valence-corrected chi connectivity index (χ1v) is 8.34. The fourth-order valence-electron chi connectivity index (χ4n) is 3.16. The lowest BCUT2D eigenvalue weighted by Gasteiger charge is -2.36. The van der Waals surface area contributed by atoms with Crippen molar-refractivity contribution < 1.29 is 0 Å². The van der Waals surface area contributed by atoms with Crippen LogP contribution in [0.5, 0.6) is 0 Å². The van der Waals surface area contributed by atoms with E-state index in [1.807, 2.05) is 0 Å². The Bertz CT molecular complexity index is 444. The summed E-state index contributed by atoms with van der Waals surface area (Å²) in [5, 5.41) is 3.82. The number of nitrogens with one attached hydrogen (secondary N) is 1. The molecule has 1 fully saturated rings. The van der Waals surface area contributed by atoms with Crippen molar-refractivity contribution in [3.8, 4) is 0 Å². The lowest BCUT2D eigenvalue weighted by atomic mass is 9.86. The highest BCUT2D eigenvalue weighted by Gasteiger charge is 2.24. The molecule has 0 aliphatic carbocycles. The maximum absolute atomic E-state index is 3.82. The van der Waals surface area contributed by atoms with E-state index in [1.165, 1.54) is 30.5 Å². The second-order valence-electron chi connectivity index (χ2n) is 7.81. The summed E-state index contributed by atoms with van der Waals surface area (Å²) in [5.74, 6) is 0. The van der Waals surface area contributed by atoms with E-state index in [9.17, 15) is 0 Å². The summed E-state index contributed by atoms with van der Waals surface area (Å²) in [5.41, 5.74) is 3.04. The molecule has 0 bridgehead atoms. The first-order valence-electron chi connectivity index (χ1n) is 8.34. The van der Waals surface area contributed by atoms with Crippen LogP contribution in [0, 0.1) is 0 Å². The van der Waals surface area contributed by atoms with Gasteiger partial charge < -0.3 is 10.2 Å². The summed E-state index contributed by atoms with van der Waals surface area (Å²) >= 11 is 0. The molecular weight excluding hydrogens is 256 g/mol. The topological polar surface area (TPSA) is 15.3 Å². The van der Waals surface area contributed by atoms with Gasteiger partial charge >= 0.3 is 0 Å². The van der Waals surface area contributed by atoms with Gasteiger partial charge in [0, 0.05) is 18.1 Å². The van der Waals surface area contributed by atoms with E-state index < -0.39 is 0 Å². The van der Waals surface area contributed by atoms with E-state index in [0.29, 0.717) is 18.1 Å². The molecule has 1 saturated heterocycles. The van der Waals surface area contributed by atoms with Gasteiger partial charge in [-0.25, -0.2) is 0 Å². The van der Waals surface area contributed by atoms with Gasteiger partial charge in [-0.15, -0.1) is 0 Å². The molecule has 1 aromatic rings. The molecule has 3 unspecified atom stereocenters. The first-order chi connectivity index (χ1) is 9.77. The molecule has 1 aliphatic rings. The van der Waals surface area contributed by atoms with Crippen molar-refractivity contribution >= 4 is 0 Å². The molecule has 0 saturated carbocycles. The molecule has 1 N–H and O–H groups in total. The monoisotopic (exact) mass is 288 g/mol. The minimum atomic E-state index is 0.235. The van der Waals surface area contributed by atoms with Gasteiger partial charge in [0.1, 0.15) is 0 Å². The summed E-state index contributed by atoms with van der Waals surface area (Å²) in [6.45, 7) is 12.6. The van der Waals surface area contributed by atoms with E-state index in [-0.39, 0.29) is 5.41 Å². The predicted octanol–water partition coefficient (Wildman–Crippen LogP) is 4.12. The molecule has 3 atom stereocenters. The van der Waals surface area contributed by atoms with Gasteiger partial charge in [0.25, 0.3) is 0 Å². The van der Waals surface area contributed by atoms with E-state index in [4.69, 9.17) is 0 Å². The average Bonchev–Trinajstić information content (AvgIpc) is 2.42. The lowest BCUT2D eigenvalue weighted by molar-refractivity contribution is 0.163. The summed E-state index contributed by atoms with van der Waals surface area (Å²) < 4.78 is 0. The van der Waals surface area contributed by atoms with Crippen LogP contribution in [0.25, 0.3) is 0 Å². The SMILES string of the molecule is CC(NC1CCN(C)C(C)C1)c1ccc(C(C)(C)C)cc1. The van der Waals surface area contributed by atoms with Crippen molar-refractivity contribution in [2.24, 2.45) is 0 Å². The van der Waals surface area contributed by atoms with Gasteiger partial charge in [0.15, 0.2) is 0 Å². The Hall–Kier alpha value is -0.860. The number of piperidine rings is 1. The molecular formula is C19H32N2. The van der Waals surface area contributed by atoms with Crippen LogP contribution >= 0.6 is 0 Å². The highest BCUT2D eigenvalue weighted by molar-refractivity contribution is 5.29. The van der Waals surface area contributed by atoms with Crippen molar-refractivity contribution in [1.82, 2.24) is 10.2 Å². The van der Waals surface area contributed by atoms with Crippen LogP contribution in [0.2, 0.25) is 0 Å². The van der Waals surface area contributed by atoms with E-state index in [1.54, 1.807) is 0 Å². The van der Waals surface area contributed by atoms with Crippen molar-refractivity contribution in [2.45, 2.75) is 71.0 Å². The Morgan fingerprint density at radius 3 is 2.33 bits per heavy atom. The molecule has 1 aliphatic heterocycles.